The molecule has 98 valence electrons. The van der Waals surface area contributed by atoms with Gasteiger partial charge in [0.05, 0.1) is 28.4 Å². The van der Waals surface area contributed by atoms with Crippen molar-refractivity contribution in [1.82, 2.24) is 9.55 Å². The van der Waals surface area contributed by atoms with Crippen LogP contribution in [0.3, 0.4) is 0 Å². The molecule has 3 rings (SSSR count). The van der Waals surface area contributed by atoms with Gasteiger partial charge in [0.1, 0.15) is 0 Å². The van der Waals surface area contributed by atoms with E-state index in [1.807, 2.05) is 6.07 Å². The van der Waals surface area contributed by atoms with E-state index in [0.29, 0.717) is 16.5 Å². The van der Waals surface area contributed by atoms with E-state index < -0.39 is 0 Å². The van der Waals surface area contributed by atoms with Crippen molar-refractivity contribution >= 4 is 44.5 Å². The molecule has 3 aromatic rings. The maximum Gasteiger partial charge on any atom is 0.205 e. The van der Waals surface area contributed by atoms with Crippen LogP contribution in [0.2, 0.25) is 5.02 Å². The second kappa shape index (κ2) is 4.82. The van der Waals surface area contributed by atoms with Crippen LogP contribution in [0.25, 0.3) is 16.7 Å². The van der Waals surface area contributed by atoms with Crippen LogP contribution in [0, 0.1) is 11.3 Å². The molecule has 1 aromatic heterocycles. The van der Waals surface area contributed by atoms with Crippen LogP contribution in [0.4, 0.5) is 5.95 Å². The predicted octanol–water partition coefficient (Wildman–Crippen LogP) is 3.90. The zero-order chi connectivity index (χ0) is 14.3. The first-order valence-electron chi connectivity index (χ1n) is 5.73. The zero-order valence-electron chi connectivity index (χ0n) is 10.1. The van der Waals surface area contributed by atoms with Gasteiger partial charge < -0.3 is 5.73 Å². The number of nitriles is 1. The highest BCUT2D eigenvalue weighted by Crippen LogP contribution is 2.30. The van der Waals surface area contributed by atoms with E-state index in [1.54, 1.807) is 34.9 Å². The Morgan fingerprint density at radius 1 is 1.25 bits per heavy atom. The molecule has 1 heterocycles. The van der Waals surface area contributed by atoms with Crippen molar-refractivity contribution in [2.45, 2.75) is 0 Å². The molecule has 0 saturated heterocycles. The lowest BCUT2D eigenvalue weighted by Crippen LogP contribution is -2.01. The lowest BCUT2D eigenvalue weighted by atomic mass is 10.2. The Morgan fingerprint density at radius 3 is 2.80 bits per heavy atom. The summed E-state index contributed by atoms with van der Waals surface area (Å²) in [6.07, 6.45) is 0. The molecule has 0 aliphatic carbocycles. The minimum Gasteiger partial charge on any atom is -0.369 e. The van der Waals surface area contributed by atoms with Crippen molar-refractivity contribution in [3.63, 3.8) is 0 Å². The highest BCUT2D eigenvalue weighted by molar-refractivity contribution is 9.10. The number of nitrogen functional groups attached to an aromatic ring is 1. The number of nitrogens with zero attached hydrogens (tertiary/aromatic N) is 3. The molecular weight excluding hydrogens is 340 g/mol. The maximum atomic E-state index is 9.02. The number of hydrogen-bond donors (Lipinski definition) is 1. The minimum absolute atomic E-state index is 0.345. The number of fused-ring (bicyclic) bond motifs is 1. The van der Waals surface area contributed by atoms with Crippen LogP contribution in [0.1, 0.15) is 5.56 Å². The molecule has 0 unspecified atom stereocenters. The lowest BCUT2D eigenvalue weighted by Gasteiger charge is -2.09. The molecule has 20 heavy (non-hydrogen) atoms. The van der Waals surface area contributed by atoms with Crippen molar-refractivity contribution in [2.24, 2.45) is 0 Å². The number of imidazole rings is 1. The van der Waals surface area contributed by atoms with Crippen LogP contribution in [0.15, 0.2) is 40.9 Å². The van der Waals surface area contributed by atoms with Crippen LogP contribution < -0.4 is 5.73 Å². The smallest absolute Gasteiger partial charge is 0.205 e. The summed E-state index contributed by atoms with van der Waals surface area (Å²) in [5, 5.41) is 9.62. The summed E-state index contributed by atoms with van der Waals surface area (Å²) in [5.41, 5.74) is 8.84. The Balaban J connectivity index is 2.38. The second-order valence-electron chi connectivity index (χ2n) is 4.22. The predicted molar refractivity (Wildman–Crippen MR) is 82.9 cm³/mol. The summed E-state index contributed by atoms with van der Waals surface area (Å²) in [5.74, 6) is 0.345. The third kappa shape index (κ3) is 2.03. The van der Waals surface area contributed by atoms with E-state index in [4.69, 9.17) is 22.6 Å². The first-order valence-corrected chi connectivity index (χ1v) is 6.91. The van der Waals surface area contributed by atoms with Gasteiger partial charge in [0.2, 0.25) is 5.95 Å². The number of hydrogen-bond acceptors (Lipinski definition) is 3. The number of anilines is 1. The molecule has 2 aromatic carbocycles. The van der Waals surface area contributed by atoms with Crippen molar-refractivity contribution in [3.8, 4) is 11.8 Å². The van der Waals surface area contributed by atoms with Gasteiger partial charge in [-0.05, 0) is 52.3 Å². The van der Waals surface area contributed by atoms with Crippen molar-refractivity contribution in [1.29, 1.82) is 5.26 Å². The van der Waals surface area contributed by atoms with Crippen LogP contribution >= 0.6 is 27.5 Å². The standard InChI is InChI=1S/C14H8BrClN4/c15-10-3-2-9(16)6-12(10)20-13-5-8(7-17)1-4-11(13)19-14(20)18/h1-6H,(H2,18,19). The van der Waals surface area contributed by atoms with Gasteiger partial charge in [-0.25, -0.2) is 4.98 Å². The van der Waals surface area contributed by atoms with Crippen molar-refractivity contribution in [3.05, 3.63) is 51.5 Å². The Kier molecular flexibility index (Phi) is 3.13. The molecular formula is C14H8BrClN4. The summed E-state index contributed by atoms with van der Waals surface area (Å²) in [6, 6.07) is 12.8. The number of aromatic nitrogens is 2. The number of rotatable bonds is 1. The van der Waals surface area contributed by atoms with Gasteiger partial charge in [-0.1, -0.05) is 11.6 Å². The maximum absolute atomic E-state index is 9.02. The zero-order valence-corrected chi connectivity index (χ0v) is 12.5. The third-order valence-electron chi connectivity index (χ3n) is 2.96. The Morgan fingerprint density at radius 2 is 2.05 bits per heavy atom. The van der Waals surface area contributed by atoms with Gasteiger partial charge in [0.25, 0.3) is 0 Å². The van der Waals surface area contributed by atoms with Gasteiger partial charge in [0.15, 0.2) is 0 Å². The molecule has 0 spiro atoms. The number of nitrogens with two attached hydrogens (primary N) is 1. The fraction of sp³-hybridized carbons (Fsp3) is 0. The van der Waals surface area contributed by atoms with Gasteiger partial charge in [0, 0.05) is 9.50 Å². The Hall–Kier alpha value is -2.03. The quantitative estimate of drug-likeness (QED) is 0.726. The molecule has 0 radical (unpaired) electrons. The summed E-state index contributed by atoms with van der Waals surface area (Å²) in [7, 11) is 0. The highest BCUT2D eigenvalue weighted by Gasteiger charge is 2.13. The van der Waals surface area contributed by atoms with E-state index in [0.717, 1.165) is 21.2 Å². The number of halogens is 2. The van der Waals surface area contributed by atoms with Gasteiger partial charge in [-0.15, -0.1) is 0 Å². The Bertz CT molecular complexity index is 863. The monoisotopic (exact) mass is 346 g/mol. The lowest BCUT2D eigenvalue weighted by molar-refractivity contribution is 1.10. The molecule has 2 N–H and O–H groups in total. The van der Waals surface area contributed by atoms with Crippen LogP contribution in [-0.2, 0) is 0 Å². The Labute approximate surface area is 128 Å². The molecule has 0 aliphatic heterocycles. The SMILES string of the molecule is N#Cc1ccc2nc(N)n(-c3cc(Cl)ccc3Br)c2c1. The average Bonchev–Trinajstić information content (AvgIpc) is 2.76. The van der Waals surface area contributed by atoms with Gasteiger partial charge in [-0.3, -0.25) is 4.57 Å². The highest BCUT2D eigenvalue weighted by atomic mass is 79.9. The van der Waals surface area contributed by atoms with Gasteiger partial charge in [-0.2, -0.15) is 5.26 Å². The topological polar surface area (TPSA) is 67.6 Å². The first kappa shape index (κ1) is 13.0. The van der Waals surface area contributed by atoms with Crippen molar-refractivity contribution in [2.75, 3.05) is 5.73 Å². The van der Waals surface area contributed by atoms with Gasteiger partial charge >= 0.3 is 0 Å². The summed E-state index contributed by atoms with van der Waals surface area (Å²) in [4.78, 5) is 4.30. The summed E-state index contributed by atoms with van der Waals surface area (Å²) in [6.45, 7) is 0. The first-order chi connectivity index (χ1) is 9.60. The molecule has 6 heteroatoms. The molecule has 0 aliphatic rings. The van der Waals surface area contributed by atoms with E-state index in [2.05, 4.69) is 27.0 Å². The third-order valence-corrected chi connectivity index (χ3v) is 3.86. The van der Waals surface area contributed by atoms with E-state index in [-0.39, 0.29) is 0 Å². The summed E-state index contributed by atoms with van der Waals surface area (Å²) >= 11 is 9.53. The molecule has 0 atom stereocenters. The normalized spacial score (nSPS) is 10.7. The van der Waals surface area contributed by atoms with Crippen LogP contribution in [-0.4, -0.2) is 9.55 Å². The largest absolute Gasteiger partial charge is 0.369 e. The van der Waals surface area contributed by atoms with Crippen molar-refractivity contribution < 1.29 is 0 Å². The minimum atomic E-state index is 0.345. The summed E-state index contributed by atoms with van der Waals surface area (Å²) < 4.78 is 2.61. The van der Waals surface area contributed by atoms with E-state index in [1.165, 1.54) is 0 Å². The molecule has 0 amide bonds. The average molecular weight is 348 g/mol. The fourth-order valence-corrected chi connectivity index (χ4v) is 2.66. The second-order valence-corrected chi connectivity index (χ2v) is 5.51. The fourth-order valence-electron chi connectivity index (χ4n) is 2.07. The van der Waals surface area contributed by atoms with E-state index >= 15 is 0 Å². The molecule has 0 fully saturated rings. The molecule has 4 nitrogen and oxygen atoms in total. The van der Waals surface area contributed by atoms with E-state index in [9.17, 15) is 0 Å². The molecule has 0 saturated carbocycles. The van der Waals surface area contributed by atoms with Crippen LogP contribution in [0.5, 0.6) is 0 Å². The number of benzene rings is 2. The molecule has 0 bridgehead atoms.